The van der Waals surface area contributed by atoms with Crippen LogP contribution in [0.1, 0.15) is 17.7 Å². The molecule has 0 bridgehead atoms. The Labute approximate surface area is 75.7 Å². The third-order valence-corrected chi connectivity index (χ3v) is 2.22. The molecule has 0 saturated carbocycles. The van der Waals surface area contributed by atoms with Crippen LogP contribution in [0.5, 0.6) is 0 Å². The molecule has 0 aliphatic heterocycles. The zero-order valence-corrected chi connectivity index (χ0v) is 8.56. The summed E-state index contributed by atoms with van der Waals surface area (Å²) in [5.41, 5.74) is 2.53. The predicted octanol–water partition coefficient (Wildman–Crippen LogP) is 2.06. The fourth-order valence-electron chi connectivity index (χ4n) is 1.13. The molecular weight excluding hydrogens is 204 g/mol. The van der Waals surface area contributed by atoms with Crippen LogP contribution in [0.15, 0.2) is 6.20 Å². The Bertz CT molecular complexity index is 230. The molecule has 3 heteroatoms. The molecule has 0 radical (unpaired) electrons. The summed E-state index contributed by atoms with van der Waals surface area (Å²) in [6.07, 6.45) is 4.30. The van der Waals surface area contributed by atoms with E-state index in [1.54, 1.807) is 0 Å². The van der Waals surface area contributed by atoms with Gasteiger partial charge in [0, 0.05) is 18.6 Å². The van der Waals surface area contributed by atoms with Gasteiger partial charge in [0.2, 0.25) is 0 Å². The maximum atomic E-state index is 4.34. The lowest BCUT2D eigenvalue weighted by molar-refractivity contribution is 0.735. The van der Waals surface area contributed by atoms with Gasteiger partial charge in [-0.2, -0.15) is 5.10 Å². The summed E-state index contributed by atoms with van der Waals surface area (Å²) in [5.74, 6) is 0. The molecule has 11 heavy (non-hydrogen) atoms. The molecule has 1 aromatic rings. The Kier molecular flexibility index (Phi) is 3.12. The number of halogens is 1. The first-order chi connectivity index (χ1) is 5.24. The highest BCUT2D eigenvalue weighted by molar-refractivity contribution is 9.09. The molecule has 1 aromatic heterocycles. The quantitative estimate of drug-likeness (QED) is 0.708. The van der Waals surface area contributed by atoms with E-state index in [9.17, 15) is 0 Å². The number of aromatic nitrogens is 2. The first-order valence-corrected chi connectivity index (χ1v) is 4.91. The smallest absolute Gasteiger partial charge is 0.0653 e. The van der Waals surface area contributed by atoms with Crippen molar-refractivity contribution in [1.82, 2.24) is 9.78 Å². The monoisotopic (exact) mass is 216 g/mol. The van der Waals surface area contributed by atoms with Crippen molar-refractivity contribution in [2.45, 2.75) is 19.8 Å². The Hall–Kier alpha value is -0.310. The van der Waals surface area contributed by atoms with E-state index in [0.717, 1.165) is 18.2 Å². The minimum atomic E-state index is 1.06. The maximum absolute atomic E-state index is 4.34. The highest BCUT2D eigenvalue weighted by Crippen LogP contribution is 2.07. The van der Waals surface area contributed by atoms with E-state index in [0.29, 0.717) is 0 Å². The molecule has 0 spiro atoms. The zero-order valence-electron chi connectivity index (χ0n) is 6.97. The third-order valence-electron chi connectivity index (χ3n) is 1.66. The molecule has 2 nitrogen and oxygen atoms in total. The van der Waals surface area contributed by atoms with Crippen molar-refractivity contribution in [3.8, 4) is 0 Å². The Morgan fingerprint density at radius 3 is 2.82 bits per heavy atom. The van der Waals surface area contributed by atoms with Crippen molar-refractivity contribution >= 4 is 15.9 Å². The van der Waals surface area contributed by atoms with Gasteiger partial charge < -0.3 is 0 Å². The lowest BCUT2D eigenvalue weighted by Crippen LogP contribution is -1.92. The van der Waals surface area contributed by atoms with Crippen LogP contribution in [-0.2, 0) is 13.5 Å². The maximum Gasteiger partial charge on any atom is 0.0653 e. The SMILES string of the molecule is Cc1cn(C)nc1CCCBr. The van der Waals surface area contributed by atoms with E-state index in [1.165, 1.54) is 11.3 Å². The summed E-state index contributed by atoms with van der Waals surface area (Å²) in [7, 11) is 1.96. The summed E-state index contributed by atoms with van der Waals surface area (Å²) < 4.78 is 1.87. The number of rotatable bonds is 3. The summed E-state index contributed by atoms with van der Waals surface area (Å²) >= 11 is 3.40. The van der Waals surface area contributed by atoms with Crippen LogP contribution in [0.4, 0.5) is 0 Å². The molecule has 1 rings (SSSR count). The van der Waals surface area contributed by atoms with Gasteiger partial charge in [0.15, 0.2) is 0 Å². The van der Waals surface area contributed by atoms with E-state index in [4.69, 9.17) is 0 Å². The van der Waals surface area contributed by atoms with Crippen LogP contribution < -0.4 is 0 Å². The average molecular weight is 217 g/mol. The van der Waals surface area contributed by atoms with Gasteiger partial charge in [0.25, 0.3) is 0 Å². The van der Waals surface area contributed by atoms with E-state index >= 15 is 0 Å². The van der Waals surface area contributed by atoms with Crippen molar-refractivity contribution in [1.29, 1.82) is 0 Å². The van der Waals surface area contributed by atoms with Crippen LogP contribution in [0.25, 0.3) is 0 Å². The van der Waals surface area contributed by atoms with E-state index < -0.39 is 0 Å². The number of hydrogen-bond acceptors (Lipinski definition) is 1. The number of nitrogens with zero attached hydrogens (tertiary/aromatic N) is 2. The van der Waals surface area contributed by atoms with Gasteiger partial charge in [-0.05, 0) is 25.3 Å². The first-order valence-electron chi connectivity index (χ1n) is 3.79. The highest BCUT2D eigenvalue weighted by atomic mass is 79.9. The molecular formula is C8H13BrN2. The van der Waals surface area contributed by atoms with Crippen molar-refractivity contribution in [2.24, 2.45) is 7.05 Å². The van der Waals surface area contributed by atoms with Crippen molar-refractivity contribution in [3.63, 3.8) is 0 Å². The van der Waals surface area contributed by atoms with Gasteiger partial charge in [-0.3, -0.25) is 4.68 Å². The Morgan fingerprint density at radius 2 is 2.36 bits per heavy atom. The molecule has 0 N–H and O–H groups in total. The van der Waals surface area contributed by atoms with Gasteiger partial charge in [-0.1, -0.05) is 15.9 Å². The van der Waals surface area contributed by atoms with Crippen LogP contribution >= 0.6 is 15.9 Å². The van der Waals surface area contributed by atoms with Gasteiger partial charge in [-0.25, -0.2) is 0 Å². The minimum absolute atomic E-state index is 1.06. The molecule has 0 amide bonds. The summed E-state index contributed by atoms with van der Waals surface area (Å²) in [5, 5.41) is 5.40. The van der Waals surface area contributed by atoms with Crippen LogP contribution in [0, 0.1) is 6.92 Å². The van der Waals surface area contributed by atoms with E-state index in [-0.39, 0.29) is 0 Å². The Balaban J connectivity index is 2.62. The van der Waals surface area contributed by atoms with Crippen molar-refractivity contribution < 1.29 is 0 Å². The topological polar surface area (TPSA) is 17.8 Å². The van der Waals surface area contributed by atoms with Crippen LogP contribution in [0.3, 0.4) is 0 Å². The lowest BCUT2D eigenvalue weighted by Gasteiger charge is -1.93. The zero-order chi connectivity index (χ0) is 8.27. The predicted molar refractivity (Wildman–Crippen MR) is 50.1 cm³/mol. The summed E-state index contributed by atoms with van der Waals surface area (Å²) in [6.45, 7) is 2.11. The van der Waals surface area contributed by atoms with Crippen LogP contribution in [-0.4, -0.2) is 15.1 Å². The molecule has 0 unspecified atom stereocenters. The average Bonchev–Trinajstić information content (AvgIpc) is 2.26. The van der Waals surface area contributed by atoms with Crippen molar-refractivity contribution in [3.05, 3.63) is 17.5 Å². The molecule has 0 aromatic carbocycles. The van der Waals surface area contributed by atoms with E-state index in [1.807, 2.05) is 11.7 Å². The molecule has 1 heterocycles. The summed E-state index contributed by atoms with van der Waals surface area (Å²) in [4.78, 5) is 0. The molecule has 0 aliphatic carbocycles. The third kappa shape index (κ3) is 2.33. The fourth-order valence-corrected chi connectivity index (χ4v) is 1.41. The molecule has 62 valence electrons. The molecule has 0 atom stereocenters. The van der Waals surface area contributed by atoms with Gasteiger partial charge >= 0.3 is 0 Å². The second-order valence-corrected chi connectivity index (χ2v) is 3.52. The van der Waals surface area contributed by atoms with Gasteiger partial charge in [-0.15, -0.1) is 0 Å². The minimum Gasteiger partial charge on any atom is -0.275 e. The molecule has 0 aliphatic rings. The first kappa shape index (κ1) is 8.78. The standard InChI is InChI=1S/C8H13BrN2/c1-7-6-11(2)10-8(7)4-3-5-9/h6H,3-5H2,1-2H3. The lowest BCUT2D eigenvalue weighted by atomic mass is 10.2. The molecule has 0 fully saturated rings. The highest BCUT2D eigenvalue weighted by Gasteiger charge is 2.01. The van der Waals surface area contributed by atoms with Gasteiger partial charge in [0.05, 0.1) is 5.69 Å². The van der Waals surface area contributed by atoms with E-state index in [2.05, 4.69) is 34.1 Å². The van der Waals surface area contributed by atoms with Crippen LogP contribution in [0.2, 0.25) is 0 Å². The second-order valence-electron chi connectivity index (χ2n) is 2.73. The largest absolute Gasteiger partial charge is 0.275 e. The number of alkyl halides is 1. The number of hydrogen-bond donors (Lipinski definition) is 0. The summed E-state index contributed by atoms with van der Waals surface area (Å²) in [6, 6.07) is 0. The van der Waals surface area contributed by atoms with Gasteiger partial charge in [0.1, 0.15) is 0 Å². The second kappa shape index (κ2) is 3.90. The fraction of sp³-hybridized carbons (Fsp3) is 0.625. The number of aryl methyl sites for hydroxylation is 3. The normalized spacial score (nSPS) is 10.5. The molecule has 0 saturated heterocycles. The van der Waals surface area contributed by atoms with Crippen molar-refractivity contribution in [2.75, 3.05) is 5.33 Å². The Morgan fingerprint density at radius 1 is 1.64 bits per heavy atom.